The molecule has 1 aliphatic carbocycles. The van der Waals surface area contributed by atoms with Gasteiger partial charge in [-0.1, -0.05) is 43.0 Å². The lowest BCUT2D eigenvalue weighted by molar-refractivity contribution is 0.0735. The van der Waals surface area contributed by atoms with E-state index in [-0.39, 0.29) is 0 Å². The van der Waals surface area contributed by atoms with E-state index in [1.165, 1.54) is 19.3 Å². The van der Waals surface area contributed by atoms with Gasteiger partial charge in [-0.05, 0) is 67.0 Å². The largest absolute Gasteiger partial charge is 0.423 e. The lowest BCUT2D eigenvalue weighted by atomic mass is 9.96. The second-order valence-electron chi connectivity index (χ2n) is 6.62. The summed E-state index contributed by atoms with van der Waals surface area (Å²) in [5, 5.41) is 8.34. The van der Waals surface area contributed by atoms with Crippen LogP contribution >= 0.6 is 23.8 Å². The van der Waals surface area contributed by atoms with Gasteiger partial charge >= 0.3 is 5.97 Å². The number of rotatable bonds is 5. The SMILES string of the molecule is O=C(Oc1ccc(C=NNC(=S)NC2CCCCC2)cc1)c1ccccc1Cl. The van der Waals surface area contributed by atoms with Crippen LogP contribution in [0.4, 0.5) is 0 Å². The summed E-state index contributed by atoms with van der Waals surface area (Å²) >= 11 is 11.3. The van der Waals surface area contributed by atoms with Crippen molar-refractivity contribution in [2.75, 3.05) is 0 Å². The molecule has 1 fully saturated rings. The molecule has 7 heteroatoms. The third kappa shape index (κ3) is 6.04. The summed E-state index contributed by atoms with van der Waals surface area (Å²) in [6, 6.07) is 14.2. The van der Waals surface area contributed by atoms with Crippen LogP contribution in [0.25, 0.3) is 0 Å². The molecule has 0 heterocycles. The monoisotopic (exact) mass is 415 g/mol. The number of hydrazone groups is 1. The number of nitrogens with one attached hydrogen (secondary N) is 2. The summed E-state index contributed by atoms with van der Waals surface area (Å²) in [6.07, 6.45) is 7.77. The number of thiocarbonyl (C=S) groups is 1. The lowest BCUT2D eigenvalue weighted by Crippen LogP contribution is -2.40. The van der Waals surface area contributed by atoms with Crippen molar-refractivity contribution in [2.24, 2.45) is 5.10 Å². The molecule has 0 spiro atoms. The quantitative estimate of drug-likeness (QED) is 0.244. The number of hydrogen-bond acceptors (Lipinski definition) is 4. The predicted molar refractivity (Wildman–Crippen MR) is 116 cm³/mol. The van der Waals surface area contributed by atoms with E-state index in [1.54, 1.807) is 54.7 Å². The molecular formula is C21H22ClN3O2S. The summed E-state index contributed by atoms with van der Waals surface area (Å²) in [5.74, 6) is -0.0580. The number of hydrogen-bond donors (Lipinski definition) is 2. The lowest BCUT2D eigenvalue weighted by Gasteiger charge is -2.23. The van der Waals surface area contributed by atoms with Crippen molar-refractivity contribution in [2.45, 2.75) is 38.1 Å². The van der Waals surface area contributed by atoms with Gasteiger partial charge in [-0.25, -0.2) is 4.79 Å². The van der Waals surface area contributed by atoms with Gasteiger partial charge in [0.25, 0.3) is 0 Å². The number of carbonyl (C=O) groups is 1. The van der Waals surface area contributed by atoms with Crippen molar-refractivity contribution < 1.29 is 9.53 Å². The summed E-state index contributed by atoms with van der Waals surface area (Å²) in [4.78, 5) is 12.2. The van der Waals surface area contributed by atoms with Gasteiger partial charge in [0.05, 0.1) is 16.8 Å². The Kier molecular flexibility index (Phi) is 7.39. The maximum absolute atomic E-state index is 12.2. The van der Waals surface area contributed by atoms with Gasteiger partial charge in [0, 0.05) is 6.04 Å². The van der Waals surface area contributed by atoms with E-state index in [1.807, 2.05) is 0 Å². The zero-order valence-electron chi connectivity index (χ0n) is 15.4. The molecule has 0 bridgehead atoms. The fourth-order valence-electron chi connectivity index (χ4n) is 3.04. The molecule has 0 aromatic heterocycles. The highest BCUT2D eigenvalue weighted by Gasteiger charge is 2.14. The van der Waals surface area contributed by atoms with Crippen LogP contribution in [0.5, 0.6) is 5.75 Å². The van der Waals surface area contributed by atoms with Crippen molar-refractivity contribution in [3.8, 4) is 5.75 Å². The molecule has 0 unspecified atom stereocenters. The zero-order valence-corrected chi connectivity index (χ0v) is 16.9. The van der Waals surface area contributed by atoms with Gasteiger partial charge in [-0.3, -0.25) is 5.43 Å². The molecule has 28 heavy (non-hydrogen) atoms. The van der Waals surface area contributed by atoms with Gasteiger partial charge < -0.3 is 10.1 Å². The Labute approximate surface area is 175 Å². The molecule has 0 atom stereocenters. The molecule has 0 aliphatic heterocycles. The molecule has 0 amide bonds. The van der Waals surface area contributed by atoms with E-state index in [2.05, 4.69) is 15.8 Å². The number of carbonyl (C=O) groups excluding carboxylic acids is 1. The molecule has 2 N–H and O–H groups in total. The minimum absolute atomic E-state index is 0.331. The molecule has 5 nitrogen and oxygen atoms in total. The highest BCUT2D eigenvalue weighted by atomic mass is 35.5. The summed E-state index contributed by atoms with van der Waals surface area (Å²) < 4.78 is 5.35. The van der Waals surface area contributed by atoms with E-state index in [0.29, 0.717) is 27.5 Å². The minimum atomic E-state index is -0.493. The molecular weight excluding hydrogens is 394 g/mol. The van der Waals surface area contributed by atoms with Crippen molar-refractivity contribution in [3.05, 3.63) is 64.7 Å². The number of halogens is 1. The summed E-state index contributed by atoms with van der Waals surface area (Å²) in [6.45, 7) is 0. The molecule has 3 rings (SSSR count). The standard InChI is InChI=1S/C21H22ClN3O2S/c22-19-9-5-4-8-18(19)20(26)27-17-12-10-15(11-13-17)14-23-25-21(28)24-16-6-2-1-3-7-16/h4-5,8-14,16H,1-3,6-7H2,(H2,24,25,28). The fourth-order valence-corrected chi connectivity index (χ4v) is 3.47. The highest BCUT2D eigenvalue weighted by molar-refractivity contribution is 7.80. The van der Waals surface area contributed by atoms with Crippen molar-refractivity contribution in [3.63, 3.8) is 0 Å². The molecule has 1 aliphatic rings. The Morgan fingerprint density at radius 2 is 1.82 bits per heavy atom. The number of benzene rings is 2. The second-order valence-corrected chi connectivity index (χ2v) is 7.43. The Balaban J connectivity index is 1.48. The van der Waals surface area contributed by atoms with Crippen LogP contribution in [-0.2, 0) is 0 Å². The Bertz CT molecular complexity index is 849. The van der Waals surface area contributed by atoms with Crippen LogP contribution in [0.1, 0.15) is 48.0 Å². The Morgan fingerprint density at radius 1 is 1.11 bits per heavy atom. The van der Waals surface area contributed by atoms with Crippen LogP contribution in [0, 0.1) is 0 Å². The molecule has 2 aromatic rings. The van der Waals surface area contributed by atoms with Gasteiger partial charge in [-0.15, -0.1) is 0 Å². The van der Waals surface area contributed by atoms with Crippen molar-refractivity contribution >= 4 is 41.1 Å². The van der Waals surface area contributed by atoms with Gasteiger partial charge in [0.2, 0.25) is 0 Å². The highest BCUT2D eigenvalue weighted by Crippen LogP contribution is 2.19. The first-order chi connectivity index (χ1) is 13.6. The Hall–Kier alpha value is -2.44. The average molecular weight is 416 g/mol. The van der Waals surface area contributed by atoms with E-state index in [4.69, 9.17) is 28.6 Å². The van der Waals surface area contributed by atoms with Crippen LogP contribution in [0.15, 0.2) is 53.6 Å². The summed E-state index contributed by atoms with van der Waals surface area (Å²) in [5.41, 5.74) is 4.03. The molecule has 1 saturated carbocycles. The third-order valence-corrected chi connectivity index (χ3v) is 5.04. The van der Waals surface area contributed by atoms with Crippen LogP contribution in [-0.4, -0.2) is 23.3 Å². The smallest absolute Gasteiger partial charge is 0.345 e. The van der Waals surface area contributed by atoms with Gasteiger partial charge in [-0.2, -0.15) is 5.10 Å². The fraction of sp³-hybridized carbons (Fsp3) is 0.286. The maximum Gasteiger partial charge on any atom is 0.345 e. The first kappa shape index (κ1) is 20.3. The normalized spacial score (nSPS) is 14.6. The maximum atomic E-state index is 12.2. The van der Waals surface area contributed by atoms with Gasteiger partial charge in [0.1, 0.15) is 5.75 Å². The molecule has 0 radical (unpaired) electrons. The van der Waals surface area contributed by atoms with E-state index >= 15 is 0 Å². The topological polar surface area (TPSA) is 62.7 Å². The van der Waals surface area contributed by atoms with E-state index in [9.17, 15) is 4.79 Å². The zero-order chi connectivity index (χ0) is 19.8. The molecule has 0 saturated heterocycles. The van der Waals surface area contributed by atoms with Gasteiger partial charge in [0.15, 0.2) is 5.11 Å². The van der Waals surface area contributed by atoms with Crippen LogP contribution in [0.3, 0.4) is 0 Å². The van der Waals surface area contributed by atoms with Crippen LogP contribution < -0.4 is 15.5 Å². The Morgan fingerprint density at radius 3 is 2.54 bits per heavy atom. The predicted octanol–water partition coefficient (Wildman–Crippen LogP) is 4.69. The third-order valence-electron chi connectivity index (χ3n) is 4.50. The van der Waals surface area contributed by atoms with E-state index in [0.717, 1.165) is 18.4 Å². The number of ether oxygens (including phenoxy) is 1. The number of esters is 1. The van der Waals surface area contributed by atoms with Crippen molar-refractivity contribution in [1.82, 2.24) is 10.7 Å². The number of nitrogens with zero attached hydrogens (tertiary/aromatic N) is 1. The summed E-state index contributed by atoms with van der Waals surface area (Å²) in [7, 11) is 0. The average Bonchev–Trinajstić information content (AvgIpc) is 2.70. The first-order valence-electron chi connectivity index (χ1n) is 9.28. The molecule has 2 aromatic carbocycles. The van der Waals surface area contributed by atoms with E-state index < -0.39 is 5.97 Å². The van der Waals surface area contributed by atoms with Crippen molar-refractivity contribution in [1.29, 1.82) is 0 Å². The first-order valence-corrected chi connectivity index (χ1v) is 10.1. The molecule has 146 valence electrons. The van der Waals surface area contributed by atoms with Crippen LogP contribution in [0.2, 0.25) is 5.02 Å². The minimum Gasteiger partial charge on any atom is -0.423 e. The second kappa shape index (κ2) is 10.2.